The summed E-state index contributed by atoms with van der Waals surface area (Å²) in [7, 11) is 0. The highest BCUT2D eigenvalue weighted by molar-refractivity contribution is 7.17. The van der Waals surface area contributed by atoms with Gasteiger partial charge in [0.1, 0.15) is 0 Å². The van der Waals surface area contributed by atoms with Crippen LogP contribution in [0.2, 0.25) is 0 Å². The molecule has 2 rings (SSSR count). The molecule has 82 valence electrons. The molecule has 0 saturated carbocycles. The van der Waals surface area contributed by atoms with Crippen LogP contribution < -0.4 is 0 Å². The second kappa shape index (κ2) is 3.97. The van der Waals surface area contributed by atoms with Crippen LogP contribution in [-0.2, 0) is 6.42 Å². The molecule has 0 aromatic carbocycles. The van der Waals surface area contributed by atoms with Crippen molar-refractivity contribution in [2.75, 3.05) is 0 Å². The third-order valence-corrected chi connectivity index (χ3v) is 3.44. The summed E-state index contributed by atoms with van der Waals surface area (Å²) in [5.74, 6) is 1.24. The van der Waals surface area contributed by atoms with E-state index in [-0.39, 0.29) is 0 Å². The zero-order valence-electron chi connectivity index (χ0n) is 9.82. The van der Waals surface area contributed by atoms with E-state index in [1.165, 1.54) is 10.6 Å². The summed E-state index contributed by atoms with van der Waals surface area (Å²) in [5.41, 5.74) is 1.19. The molecule has 0 spiro atoms. The summed E-state index contributed by atoms with van der Waals surface area (Å²) in [6.07, 6.45) is 5.53. The quantitative estimate of drug-likeness (QED) is 0.773. The molecule has 2 heterocycles. The van der Waals surface area contributed by atoms with Gasteiger partial charge in [0.15, 0.2) is 4.96 Å². The van der Waals surface area contributed by atoms with Crippen molar-refractivity contribution < 1.29 is 0 Å². The fraction of sp³-hybridized carbons (Fsp3) is 0.583. The molecule has 2 aromatic heterocycles. The molecule has 0 atom stereocenters. The number of hydrogen-bond donors (Lipinski definition) is 0. The largest absolute Gasteiger partial charge is 0.297 e. The van der Waals surface area contributed by atoms with Gasteiger partial charge in [-0.05, 0) is 18.3 Å². The molecule has 0 aliphatic rings. The molecule has 0 fully saturated rings. The molecule has 3 heteroatoms. The first-order valence-electron chi connectivity index (χ1n) is 5.53. The third kappa shape index (κ3) is 2.23. The fourth-order valence-electron chi connectivity index (χ4n) is 1.64. The van der Waals surface area contributed by atoms with Crippen molar-refractivity contribution in [3.05, 3.63) is 23.0 Å². The number of rotatable bonds is 3. The second-order valence-electron chi connectivity index (χ2n) is 4.81. The summed E-state index contributed by atoms with van der Waals surface area (Å²) >= 11 is 1.82. The summed E-state index contributed by atoms with van der Waals surface area (Å²) in [4.78, 5) is 7.19. The molecule has 2 aromatic rings. The predicted molar refractivity (Wildman–Crippen MR) is 65.7 cm³/mol. The average molecular weight is 222 g/mol. The highest BCUT2D eigenvalue weighted by Crippen LogP contribution is 2.23. The van der Waals surface area contributed by atoms with Crippen molar-refractivity contribution in [3.63, 3.8) is 0 Å². The van der Waals surface area contributed by atoms with Crippen LogP contribution in [0.1, 0.15) is 44.2 Å². The molecule has 0 aliphatic carbocycles. The van der Waals surface area contributed by atoms with Gasteiger partial charge in [-0.2, -0.15) is 0 Å². The first kappa shape index (κ1) is 10.7. The molecule has 2 nitrogen and oxygen atoms in total. The van der Waals surface area contributed by atoms with Crippen molar-refractivity contribution in [1.29, 1.82) is 0 Å². The van der Waals surface area contributed by atoms with Gasteiger partial charge in [0.05, 0.1) is 5.69 Å². The predicted octanol–water partition coefficient (Wildman–Crippen LogP) is 3.72. The van der Waals surface area contributed by atoms with Gasteiger partial charge in [-0.1, -0.05) is 27.7 Å². The van der Waals surface area contributed by atoms with E-state index in [2.05, 4.69) is 49.5 Å². The van der Waals surface area contributed by atoms with Crippen molar-refractivity contribution >= 4 is 16.3 Å². The molecule has 0 amide bonds. The summed E-state index contributed by atoms with van der Waals surface area (Å²) in [6.45, 7) is 8.87. The van der Waals surface area contributed by atoms with E-state index >= 15 is 0 Å². The van der Waals surface area contributed by atoms with Crippen molar-refractivity contribution in [2.24, 2.45) is 5.92 Å². The maximum atomic E-state index is 4.62. The van der Waals surface area contributed by atoms with Crippen LogP contribution in [0, 0.1) is 5.92 Å². The van der Waals surface area contributed by atoms with E-state index in [1.807, 2.05) is 11.3 Å². The minimum Gasteiger partial charge on any atom is -0.297 e. The Morgan fingerprint density at radius 2 is 2.00 bits per heavy atom. The van der Waals surface area contributed by atoms with Crippen molar-refractivity contribution in [2.45, 2.75) is 40.0 Å². The highest BCUT2D eigenvalue weighted by atomic mass is 32.1. The highest BCUT2D eigenvalue weighted by Gasteiger charge is 2.09. The van der Waals surface area contributed by atoms with Gasteiger partial charge < -0.3 is 0 Å². The monoisotopic (exact) mass is 222 g/mol. The van der Waals surface area contributed by atoms with Crippen LogP contribution in [0.15, 0.2) is 12.4 Å². The summed E-state index contributed by atoms with van der Waals surface area (Å²) < 4.78 is 2.16. The van der Waals surface area contributed by atoms with E-state index in [9.17, 15) is 0 Å². The Labute approximate surface area is 95.0 Å². The summed E-state index contributed by atoms with van der Waals surface area (Å²) in [5, 5.41) is 0. The number of aromatic nitrogens is 2. The lowest BCUT2D eigenvalue weighted by atomic mass is 10.1. The number of fused-ring (bicyclic) bond motifs is 1. The lowest BCUT2D eigenvalue weighted by molar-refractivity contribution is 0.653. The molecule has 0 radical (unpaired) electrons. The molecular formula is C12H18N2S. The second-order valence-corrected chi connectivity index (χ2v) is 5.90. The van der Waals surface area contributed by atoms with Crippen LogP contribution in [0.3, 0.4) is 0 Å². The number of thiazole rings is 1. The van der Waals surface area contributed by atoms with Gasteiger partial charge in [0, 0.05) is 17.3 Å². The van der Waals surface area contributed by atoms with Crippen LogP contribution in [-0.4, -0.2) is 9.38 Å². The Morgan fingerprint density at radius 3 is 2.53 bits per heavy atom. The summed E-state index contributed by atoms with van der Waals surface area (Å²) in [6, 6.07) is 0. The Balaban J connectivity index is 2.30. The van der Waals surface area contributed by atoms with Crippen molar-refractivity contribution in [3.8, 4) is 0 Å². The van der Waals surface area contributed by atoms with E-state index < -0.39 is 0 Å². The Bertz CT molecular complexity index is 420. The van der Waals surface area contributed by atoms with Crippen LogP contribution in [0.4, 0.5) is 0 Å². The van der Waals surface area contributed by atoms with Gasteiger partial charge in [-0.25, -0.2) is 4.98 Å². The van der Waals surface area contributed by atoms with Crippen LogP contribution in [0.25, 0.3) is 4.96 Å². The lowest BCUT2D eigenvalue weighted by Gasteiger charge is -1.99. The zero-order valence-corrected chi connectivity index (χ0v) is 10.6. The first-order chi connectivity index (χ1) is 7.06. The van der Waals surface area contributed by atoms with E-state index in [1.54, 1.807) is 0 Å². The fourth-order valence-corrected chi connectivity index (χ4v) is 2.82. The molecule has 0 bridgehead atoms. The first-order valence-corrected chi connectivity index (χ1v) is 6.35. The minimum atomic E-state index is 0.519. The Kier molecular flexibility index (Phi) is 2.83. The molecular weight excluding hydrogens is 204 g/mol. The Morgan fingerprint density at radius 1 is 1.27 bits per heavy atom. The van der Waals surface area contributed by atoms with Crippen LogP contribution in [0.5, 0.6) is 0 Å². The van der Waals surface area contributed by atoms with E-state index in [0.717, 1.165) is 17.3 Å². The van der Waals surface area contributed by atoms with E-state index in [0.29, 0.717) is 5.92 Å². The average Bonchev–Trinajstić information content (AvgIpc) is 2.58. The smallest absolute Gasteiger partial charge is 0.194 e. The van der Waals surface area contributed by atoms with Gasteiger partial charge in [-0.3, -0.25) is 4.40 Å². The molecule has 15 heavy (non-hydrogen) atoms. The molecule has 0 N–H and O–H groups in total. The van der Waals surface area contributed by atoms with Gasteiger partial charge in [0.2, 0.25) is 0 Å². The van der Waals surface area contributed by atoms with Crippen LogP contribution >= 0.6 is 11.3 Å². The maximum absolute atomic E-state index is 4.62. The lowest BCUT2D eigenvalue weighted by Crippen LogP contribution is -1.90. The maximum Gasteiger partial charge on any atom is 0.194 e. The normalized spacial score (nSPS) is 12.1. The van der Waals surface area contributed by atoms with Gasteiger partial charge >= 0.3 is 0 Å². The van der Waals surface area contributed by atoms with Crippen molar-refractivity contribution in [1.82, 2.24) is 9.38 Å². The molecule has 0 unspecified atom stereocenters. The number of imidazole rings is 1. The standard InChI is InChI=1S/C12H18N2S/c1-8(2)5-10-6-14-7-11(9(3)4)13-12(14)15-10/h6-9H,5H2,1-4H3. The SMILES string of the molecule is CC(C)Cc1cn2cc(C(C)C)nc2s1. The minimum absolute atomic E-state index is 0.519. The van der Waals surface area contributed by atoms with E-state index in [4.69, 9.17) is 0 Å². The Hall–Kier alpha value is -0.830. The third-order valence-electron chi connectivity index (χ3n) is 2.42. The number of nitrogens with zero attached hydrogens (tertiary/aromatic N) is 2. The number of hydrogen-bond acceptors (Lipinski definition) is 2. The van der Waals surface area contributed by atoms with Gasteiger partial charge in [0.25, 0.3) is 0 Å². The topological polar surface area (TPSA) is 17.3 Å². The molecule has 0 aliphatic heterocycles. The van der Waals surface area contributed by atoms with Gasteiger partial charge in [-0.15, -0.1) is 11.3 Å². The molecule has 0 saturated heterocycles. The zero-order chi connectivity index (χ0) is 11.0.